The van der Waals surface area contributed by atoms with Gasteiger partial charge < -0.3 is 9.84 Å². The number of aromatic nitrogens is 2. The van der Waals surface area contributed by atoms with Crippen molar-refractivity contribution in [3.8, 4) is 0 Å². The SMILES string of the molecule is CC(C)(C)c1noc(CCC(=O)NC2CCCC2)n1. The number of nitrogens with zero attached hydrogens (tertiary/aromatic N) is 2. The second-order valence-corrected chi connectivity index (χ2v) is 6.31. The van der Waals surface area contributed by atoms with Crippen LogP contribution in [0.3, 0.4) is 0 Å². The molecule has 0 radical (unpaired) electrons. The van der Waals surface area contributed by atoms with Gasteiger partial charge in [-0.2, -0.15) is 4.98 Å². The summed E-state index contributed by atoms with van der Waals surface area (Å²) in [6.45, 7) is 6.11. The highest BCUT2D eigenvalue weighted by molar-refractivity contribution is 5.76. The molecule has 19 heavy (non-hydrogen) atoms. The van der Waals surface area contributed by atoms with Gasteiger partial charge in [0.1, 0.15) is 0 Å². The van der Waals surface area contributed by atoms with Gasteiger partial charge in [0.25, 0.3) is 0 Å². The molecule has 1 saturated carbocycles. The number of hydrogen-bond acceptors (Lipinski definition) is 4. The number of carbonyl (C=O) groups excluding carboxylic acids is 1. The molecule has 0 atom stereocenters. The van der Waals surface area contributed by atoms with Gasteiger partial charge in [0.15, 0.2) is 5.82 Å². The van der Waals surface area contributed by atoms with Crippen LogP contribution in [0.1, 0.15) is 64.6 Å². The fourth-order valence-corrected chi connectivity index (χ4v) is 2.25. The van der Waals surface area contributed by atoms with Gasteiger partial charge in [-0.3, -0.25) is 4.79 Å². The summed E-state index contributed by atoms with van der Waals surface area (Å²) in [4.78, 5) is 16.1. The molecule has 1 fully saturated rings. The lowest BCUT2D eigenvalue weighted by molar-refractivity contribution is -0.121. The first-order chi connectivity index (χ1) is 8.95. The van der Waals surface area contributed by atoms with E-state index in [0.717, 1.165) is 12.8 Å². The summed E-state index contributed by atoms with van der Waals surface area (Å²) in [5.41, 5.74) is -0.117. The summed E-state index contributed by atoms with van der Waals surface area (Å²) in [7, 11) is 0. The summed E-state index contributed by atoms with van der Waals surface area (Å²) in [5.74, 6) is 1.33. The van der Waals surface area contributed by atoms with Crippen molar-refractivity contribution >= 4 is 5.91 Å². The minimum Gasteiger partial charge on any atom is -0.353 e. The molecule has 0 aromatic carbocycles. The van der Waals surface area contributed by atoms with Crippen LogP contribution in [0, 0.1) is 0 Å². The average molecular weight is 265 g/mol. The van der Waals surface area contributed by atoms with Gasteiger partial charge in [0.05, 0.1) is 0 Å². The van der Waals surface area contributed by atoms with Crippen LogP contribution in [0.5, 0.6) is 0 Å². The Hall–Kier alpha value is -1.39. The normalized spacial score (nSPS) is 16.8. The van der Waals surface area contributed by atoms with E-state index in [4.69, 9.17) is 4.52 Å². The van der Waals surface area contributed by atoms with E-state index in [2.05, 4.69) is 15.5 Å². The van der Waals surface area contributed by atoms with Crippen LogP contribution in [0.2, 0.25) is 0 Å². The van der Waals surface area contributed by atoms with Crippen molar-refractivity contribution in [2.45, 2.75) is 70.8 Å². The van der Waals surface area contributed by atoms with Crippen molar-refractivity contribution in [3.05, 3.63) is 11.7 Å². The minimum atomic E-state index is -0.117. The monoisotopic (exact) mass is 265 g/mol. The molecule has 1 aromatic rings. The third-order valence-electron chi connectivity index (χ3n) is 3.43. The first kappa shape index (κ1) is 14.0. The first-order valence-electron chi connectivity index (χ1n) is 7.07. The van der Waals surface area contributed by atoms with Gasteiger partial charge in [-0.15, -0.1) is 0 Å². The largest absolute Gasteiger partial charge is 0.353 e. The Labute approximate surface area is 114 Å². The molecule has 1 aliphatic carbocycles. The Bertz CT molecular complexity index is 428. The van der Waals surface area contributed by atoms with Crippen LogP contribution in [-0.4, -0.2) is 22.1 Å². The highest BCUT2D eigenvalue weighted by atomic mass is 16.5. The number of carbonyl (C=O) groups is 1. The Morgan fingerprint density at radius 1 is 1.37 bits per heavy atom. The molecule has 1 amide bonds. The van der Waals surface area contributed by atoms with Crippen molar-refractivity contribution in [2.24, 2.45) is 0 Å². The summed E-state index contributed by atoms with van der Waals surface area (Å²) in [6.07, 6.45) is 5.61. The van der Waals surface area contributed by atoms with Crippen LogP contribution in [0.25, 0.3) is 0 Å². The molecular formula is C14H23N3O2. The van der Waals surface area contributed by atoms with Crippen molar-refractivity contribution in [2.75, 3.05) is 0 Å². The van der Waals surface area contributed by atoms with Gasteiger partial charge in [-0.05, 0) is 12.8 Å². The second kappa shape index (κ2) is 5.72. The van der Waals surface area contributed by atoms with E-state index in [1.54, 1.807) is 0 Å². The Kier molecular flexibility index (Phi) is 4.22. The number of hydrogen-bond donors (Lipinski definition) is 1. The van der Waals surface area contributed by atoms with Crippen molar-refractivity contribution in [1.29, 1.82) is 0 Å². The van der Waals surface area contributed by atoms with Crippen molar-refractivity contribution in [1.82, 2.24) is 15.5 Å². The van der Waals surface area contributed by atoms with E-state index in [1.807, 2.05) is 20.8 Å². The molecule has 0 saturated heterocycles. The summed E-state index contributed by atoms with van der Waals surface area (Å²) in [5, 5.41) is 7.01. The molecule has 1 N–H and O–H groups in total. The molecule has 0 bridgehead atoms. The highest BCUT2D eigenvalue weighted by Gasteiger charge is 2.21. The maximum absolute atomic E-state index is 11.8. The molecule has 106 valence electrons. The Morgan fingerprint density at radius 3 is 2.63 bits per heavy atom. The van der Waals surface area contributed by atoms with Crippen LogP contribution >= 0.6 is 0 Å². The lowest BCUT2D eigenvalue weighted by Gasteiger charge is -2.11. The third kappa shape index (κ3) is 4.04. The van der Waals surface area contributed by atoms with E-state index in [9.17, 15) is 4.79 Å². The Morgan fingerprint density at radius 2 is 2.05 bits per heavy atom. The van der Waals surface area contributed by atoms with E-state index >= 15 is 0 Å². The lowest BCUT2D eigenvalue weighted by Crippen LogP contribution is -2.32. The molecule has 1 heterocycles. The van der Waals surface area contributed by atoms with E-state index in [-0.39, 0.29) is 11.3 Å². The fraction of sp³-hybridized carbons (Fsp3) is 0.786. The van der Waals surface area contributed by atoms with Gasteiger partial charge in [0.2, 0.25) is 11.8 Å². The van der Waals surface area contributed by atoms with Gasteiger partial charge >= 0.3 is 0 Å². The van der Waals surface area contributed by atoms with Crippen molar-refractivity contribution < 1.29 is 9.32 Å². The van der Waals surface area contributed by atoms with Crippen molar-refractivity contribution in [3.63, 3.8) is 0 Å². The van der Waals surface area contributed by atoms with E-state index in [1.165, 1.54) is 12.8 Å². The molecule has 1 aromatic heterocycles. The molecular weight excluding hydrogens is 242 g/mol. The Balaban J connectivity index is 1.78. The smallest absolute Gasteiger partial charge is 0.227 e. The number of nitrogens with one attached hydrogen (secondary N) is 1. The third-order valence-corrected chi connectivity index (χ3v) is 3.43. The predicted octanol–water partition coefficient (Wildman–Crippen LogP) is 2.36. The summed E-state index contributed by atoms with van der Waals surface area (Å²) >= 11 is 0. The molecule has 0 unspecified atom stereocenters. The maximum Gasteiger partial charge on any atom is 0.227 e. The van der Waals surface area contributed by atoms with E-state index < -0.39 is 0 Å². The fourth-order valence-electron chi connectivity index (χ4n) is 2.25. The quantitative estimate of drug-likeness (QED) is 0.907. The van der Waals surface area contributed by atoms with Gasteiger partial charge in [0, 0.05) is 24.3 Å². The van der Waals surface area contributed by atoms with Crippen LogP contribution in [-0.2, 0) is 16.6 Å². The van der Waals surface area contributed by atoms with Crippen LogP contribution in [0.4, 0.5) is 0 Å². The molecule has 0 aliphatic heterocycles. The molecule has 5 nitrogen and oxygen atoms in total. The zero-order chi connectivity index (χ0) is 13.9. The van der Waals surface area contributed by atoms with E-state index in [0.29, 0.717) is 30.6 Å². The predicted molar refractivity (Wildman–Crippen MR) is 71.7 cm³/mol. The zero-order valence-electron chi connectivity index (χ0n) is 12.0. The van der Waals surface area contributed by atoms with Crippen LogP contribution < -0.4 is 5.32 Å². The average Bonchev–Trinajstić information content (AvgIpc) is 2.95. The number of amides is 1. The highest BCUT2D eigenvalue weighted by Crippen LogP contribution is 2.19. The second-order valence-electron chi connectivity index (χ2n) is 6.31. The molecule has 0 spiro atoms. The number of rotatable bonds is 4. The lowest BCUT2D eigenvalue weighted by atomic mass is 9.96. The maximum atomic E-state index is 11.8. The van der Waals surface area contributed by atoms with Crippen LogP contribution in [0.15, 0.2) is 4.52 Å². The van der Waals surface area contributed by atoms with Gasteiger partial charge in [-0.25, -0.2) is 0 Å². The summed E-state index contributed by atoms with van der Waals surface area (Å²) in [6, 6.07) is 0.375. The minimum absolute atomic E-state index is 0.0856. The number of aryl methyl sites for hydroxylation is 1. The molecule has 5 heteroatoms. The zero-order valence-corrected chi connectivity index (χ0v) is 12.0. The standard InChI is InChI=1S/C14H23N3O2/c1-14(2,3)13-16-12(19-17-13)9-8-11(18)15-10-6-4-5-7-10/h10H,4-9H2,1-3H3,(H,15,18). The summed E-state index contributed by atoms with van der Waals surface area (Å²) < 4.78 is 5.17. The molecule has 2 rings (SSSR count). The van der Waals surface area contributed by atoms with Gasteiger partial charge in [-0.1, -0.05) is 38.8 Å². The molecule has 1 aliphatic rings. The first-order valence-corrected chi connectivity index (χ1v) is 7.07. The topological polar surface area (TPSA) is 68.0 Å².